The van der Waals surface area contributed by atoms with Gasteiger partial charge in [0.1, 0.15) is 20.3 Å². The Kier molecular flexibility index (Phi) is 8.40. The highest BCUT2D eigenvalue weighted by Crippen LogP contribution is 2.33. The van der Waals surface area contributed by atoms with E-state index in [-0.39, 0.29) is 30.5 Å². The lowest BCUT2D eigenvalue weighted by Gasteiger charge is -2.44. The van der Waals surface area contributed by atoms with Crippen LogP contribution in [0.5, 0.6) is 0 Å². The minimum atomic E-state index is -1.42. The molecular formula is C28H36O4Si. The van der Waals surface area contributed by atoms with Crippen molar-refractivity contribution in [3.63, 3.8) is 0 Å². The minimum Gasteiger partial charge on any atom is -0.374 e. The Labute approximate surface area is 199 Å². The number of hydrogen-bond acceptors (Lipinski definition) is 4. The molecule has 0 aliphatic carbocycles. The van der Waals surface area contributed by atoms with E-state index >= 15 is 0 Å². The van der Waals surface area contributed by atoms with Crippen LogP contribution in [0.15, 0.2) is 60.7 Å². The van der Waals surface area contributed by atoms with Crippen molar-refractivity contribution < 1.29 is 18.9 Å². The SMILES string of the molecule is C[Si](C)(C)C#C[C@H]1CC[C@@H]2O[C@H](COCc3ccccc3)[C@@H](OCc3ccccc3)C[C@H]2O1. The average molecular weight is 465 g/mol. The molecule has 2 aliphatic rings. The molecule has 0 saturated carbocycles. The molecule has 0 aromatic heterocycles. The van der Waals surface area contributed by atoms with Crippen LogP contribution in [0.1, 0.15) is 30.4 Å². The minimum absolute atomic E-state index is 0.00206. The molecule has 2 aromatic rings. The largest absolute Gasteiger partial charge is 0.374 e. The molecule has 0 bridgehead atoms. The van der Waals surface area contributed by atoms with E-state index in [9.17, 15) is 0 Å². The van der Waals surface area contributed by atoms with Crippen molar-refractivity contribution in [3.05, 3.63) is 71.8 Å². The highest BCUT2D eigenvalue weighted by molar-refractivity contribution is 6.83. The summed E-state index contributed by atoms with van der Waals surface area (Å²) >= 11 is 0. The average Bonchev–Trinajstić information content (AvgIpc) is 2.82. The zero-order chi connectivity index (χ0) is 23.1. The molecule has 0 spiro atoms. The normalized spacial score (nSPS) is 27.3. The van der Waals surface area contributed by atoms with Crippen LogP contribution in [0.2, 0.25) is 19.6 Å². The highest BCUT2D eigenvalue weighted by atomic mass is 28.3. The van der Waals surface area contributed by atoms with Crippen LogP contribution >= 0.6 is 0 Å². The molecule has 2 heterocycles. The van der Waals surface area contributed by atoms with Gasteiger partial charge in [-0.15, -0.1) is 5.54 Å². The Morgan fingerprint density at radius 1 is 0.848 bits per heavy atom. The van der Waals surface area contributed by atoms with Crippen molar-refractivity contribution in [1.82, 2.24) is 0 Å². The first-order valence-electron chi connectivity index (χ1n) is 12.1. The van der Waals surface area contributed by atoms with Gasteiger partial charge in [-0.05, 0) is 24.0 Å². The molecule has 4 rings (SSSR count). The van der Waals surface area contributed by atoms with Gasteiger partial charge in [0.05, 0.1) is 38.1 Å². The van der Waals surface area contributed by atoms with Gasteiger partial charge in [0.25, 0.3) is 0 Å². The first-order chi connectivity index (χ1) is 16.0. The summed E-state index contributed by atoms with van der Waals surface area (Å²) in [5.41, 5.74) is 5.79. The lowest BCUT2D eigenvalue weighted by atomic mass is 9.92. The second-order valence-corrected chi connectivity index (χ2v) is 14.8. The molecule has 2 saturated heterocycles. The first-order valence-corrected chi connectivity index (χ1v) is 15.6. The molecule has 0 amide bonds. The van der Waals surface area contributed by atoms with Crippen LogP contribution in [-0.2, 0) is 32.2 Å². The van der Waals surface area contributed by atoms with Gasteiger partial charge in [0.2, 0.25) is 0 Å². The van der Waals surface area contributed by atoms with Gasteiger partial charge in [-0.3, -0.25) is 0 Å². The Bertz CT molecular complexity index is 916. The third-order valence-corrected chi connectivity index (χ3v) is 6.90. The summed E-state index contributed by atoms with van der Waals surface area (Å²) < 4.78 is 25.3. The lowest BCUT2D eigenvalue weighted by molar-refractivity contribution is -0.233. The monoisotopic (exact) mass is 464 g/mol. The van der Waals surface area contributed by atoms with Crippen molar-refractivity contribution in [2.24, 2.45) is 0 Å². The maximum atomic E-state index is 6.51. The quantitative estimate of drug-likeness (QED) is 0.408. The predicted octanol–water partition coefficient (Wildman–Crippen LogP) is 5.37. The number of fused-ring (bicyclic) bond motifs is 1. The van der Waals surface area contributed by atoms with Gasteiger partial charge >= 0.3 is 0 Å². The van der Waals surface area contributed by atoms with Gasteiger partial charge in [-0.2, -0.15) is 0 Å². The van der Waals surface area contributed by atoms with Crippen molar-refractivity contribution in [2.75, 3.05) is 6.61 Å². The molecule has 176 valence electrons. The molecule has 2 aliphatic heterocycles. The summed E-state index contributed by atoms with van der Waals surface area (Å²) in [6, 6.07) is 20.5. The summed E-state index contributed by atoms with van der Waals surface area (Å²) in [5.74, 6) is 3.40. The van der Waals surface area contributed by atoms with E-state index < -0.39 is 8.07 Å². The molecule has 2 aromatic carbocycles. The first kappa shape index (κ1) is 24.2. The van der Waals surface area contributed by atoms with Gasteiger partial charge in [0, 0.05) is 6.42 Å². The number of hydrogen-bond donors (Lipinski definition) is 0. The van der Waals surface area contributed by atoms with Gasteiger partial charge in [-0.25, -0.2) is 0 Å². The van der Waals surface area contributed by atoms with Gasteiger partial charge in [0.15, 0.2) is 0 Å². The van der Waals surface area contributed by atoms with E-state index in [2.05, 4.69) is 55.4 Å². The maximum absolute atomic E-state index is 6.51. The van der Waals surface area contributed by atoms with E-state index in [4.69, 9.17) is 18.9 Å². The highest BCUT2D eigenvalue weighted by Gasteiger charge is 2.42. The van der Waals surface area contributed by atoms with Crippen LogP contribution in [0.4, 0.5) is 0 Å². The van der Waals surface area contributed by atoms with Crippen LogP contribution in [0.25, 0.3) is 0 Å². The molecule has 0 N–H and O–H groups in total. The smallest absolute Gasteiger partial charge is 0.129 e. The van der Waals surface area contributed by atoms with Crippen LogP contribution in [0.3, 0.4) is 0 Å². The molecule has 33 heavy (non-hydrogen) atoms. The zero-order valence-corrected chi connectivity index (χ0v) is 21.0. The van der Waals surface area contributed by atoms with E-state index in [1.165, 1.54) is 0 Å². The Hall–Kier alpha value is -1.94. The second-order valence-electron chi connectivity index (χ2n) is 10.0. The fourth-order valence-corrected chi connectivity index (χ4v) is 4.89. The van der Waals surface area contributed by atoms with E-state index in [0.29, 0.717) is 19.8 Å². The predicted molar refractivity (Wildman–Crippen MR) is 133 cm³/mol. The van der Waals surface area contributed by atoms with Crippen molar-refractivity contribution in [3.8, 4) is 11.5 Å². The zero-order valence-electron chi connectivity index (χ0n) is 20.0. The van der Waals surface area contributed by atoms with Crippen molar-refractivity contribution in [2.45, 2.75) is 82.6 Å². The Morgan fingerprint density at radius 2 is 1.52 bits per heavy atom. The van der Waals surface area contributed by atoms with Crippen molar-refractivity contribution in [1.29, 1.82) is 0 Å². The summed E-state index contributed by atoms with van der Waals surface area (Å²) in [4.78, 5) is 0. The van der Waals surface area contributed by atoms with E-state index in [0.717, 1.165) is 30.4 Å². The van der Waals surface area contributed by atoms with E-state index in [1.54, 1.807) is 0 Å². The maximum Gasteiger partial charge on any atom is 0.129 e. The number of ether oxygens (including phenoxy) is 4. The lowest BCUT2D eigenvalue weighted by Crippen LogP contribution is -2.53. The van der Waals surface area contributed by atoms with Crippen molar-refractivity contribution >= 4 is 8.07 Å². The summed E-state index contributed by atoms with van der Waals surface area (Å²) in [7, 11) is -1.42. The Morgan fingerprint density at radius 3 is 2.18 bits per heavy atom. The third kappa shape index (κ3) is 7.53. The second kappa shape index (κ2) is 11.5. The Balaban J connectivity index is 1.38. The topological polar surface area (TPSA) is 36.9 Å². The summed E-state index contributed by atoms with van der Waals surface area (Å²) in [6.45, 7) is 8.44. The van der Waals surface area contributed by atoms with Crippen LogP contribution in [0, 0.1) is 11.5 Å². The fraction of sp³-hybridized carbons (Fsp3) is 0.500. The fourth-order valence-electron chi connectivity index (χ4n) is 4.29. The van der Waals surface area contributed by atoms with Crippen LogP contribution in [-0.4, -0.2) is 45.2 Å². The summed E-state index contributed by atoms with van der Waals surface area (Å²) in [6.07, 6.45) is 2.62. The van der Waals surface area contributed by atoms with Gasteiger partial charge < -0.3 is 18.9 Å². The third-order valence-electron chi connectivity index (χ3n) is 6.00. The van der Waals surface area contributed by atoms with Gasteiger partial charge in [-0.1, -0.05) is 86.2 Å². The number of rotatable bonds is 7. The molecular weight excluding hydrogens is 428 g/mol. The van der Waals surface area contributed by atoms with E-state index in [1.807, 2.05) is 36.4 Å². The molecule has 4 nitrogen and oxygen atoms in total. The molecule has 0 unspecified atom stereocenters. The molecule has 5 heteroatoms. The van der Waals surface area contributed by atoms with Crippen LogP contribution < -0.4 is 0 Å². The summed E-state index contributed by atoms with van der Waals surface area (Å²) in [5, 5.41) is 0. The molecule has 2 fully saturated rings. The standard InChI is InChI=1S/C28H36O4Si/c1-33(2,3)17-16-24-14-15-25-27(31-24)18-26(30-20-23-12-8-5-9-13-23)28(32-25)21-29-19-22-10-6-4-7-11-22/h4-13,24-28H,14-15,18-21H2,1-3H3/t24-,25+,26+,27-,28-/m1/s1. The number of benzene rings is 2. The molecule has 0 radical (unpaired) electrons. The molecule has 5 atom stereocenters.